The molecule has 1 heteroatoms. The third-order valence-electron chi connectivity index (χ3n) is 8.98. The van der Waals surface area contributed by atoms with Gasteiger partial charge in [0.15, 0.2) is 0 Å². The summed E-state index contributed by atoms with van der Waals surface area (Å²) in [6.45, 7) is 0. The van der Waals surface area contributed by atoms with Gasteiger partial charge in [-0.05, 0) is 84.9 Å². The molecule has 1 aromatic heterocycles. The van der Waals surface area contributed by atoms with Crippen LogP contribution >= 0.6 is 0 Å². The van der Waals surface area contributed by atoms with Crippen molar-refractivity contribution in [2.45, 2.75) is 0 Å². The molecule has 0 saturated heterocycles. The van der Waals surface area contributed by atoms with Crippen LogP contribution in [0.3, 0.4) is 0 Å². The van der Waals surface area contributed by atoms with E-state index in [0.717, 1.165) is 0 Å². The molecule has 0 radical (unpaired) electrons. The fourth-order valence-electron chi connectivity index (χ4n) is 6.95. The Morgan fingerprint density at radius 1 is 0.256 bits per heavy atom. The van der Waals surface area contributed by atoms with Gasteiger partial charge in [0, 0.05) is 16.5 Å². The maximum absolute atomic E-state index is 2.38. The number of benzene rings is 8. The lowest BCUT2D eigenvalue weighted by Gasteiger charge is -2.12. The average molecular weight is 546 g/mol. The predicted molar refractivity (Wildman–Crippen MR) is 184 cm³/mol. The fourth-order valence-corrected chi connectivity index (χ4v) is 6.95. The molecule has 0 spiro atoms. The smallest absolute Gasteiger partial charge is 0.0547 e. The summed E-state index contributed by atoms with van der Waals surface area (Å²) in [6, 6.07) is 59.7. The van der Waals surface area contributed by atoms with Gasteiger partial charge in [-0.1, -0.05) is 133 Å². The number of aromatic nitrogens is 1. The SMILES string of the molecule is c1ccc(-n2c3ccccc3c3ccc(-c4ccc(-c5ccc6c7ccccc7c7ccccc7c6c5)cc4)cc32)cc1. The first-order valence-electron chi connectivity index (χ1n) is 14.9. The van der Waals surface area contributed by atoms with Gasteiger partial charge in [-0.3, -0.25) is 0 Å². The van der Waals surface area contributed by atoms with Crippen LogP contribution in [0.15, 0.2) is 164 Å². The predicted octanol–water partition coefficient (Wildman–Crippen LogP) is 11.6. The van der Waals surface area contributed by atoms with Crippen LogP contribution in [-0.4, -0.2) is 4.57 Å². The van der Waals surface area contributed by atoms with Crippen molar-refractivity contribution in [2.75, 3.05) is 0 Å². The normalized spacial score (nSPS) is 11.7. The molecular weight excluding hydrogens is 518 g/mol. The van der Waals surface area contributed by atoms with Crippen LogP contribution in [0.4, 0.5) is 0 Å². The molecule has 200 valence electrons. The second kappa shape index (κ2) is 9.44. The summed E-state index contributed by atoms with van der Waals surface area (Å²) in [6.07, 6.45) is 0. The van der Waals surface area contributed by atoms with Crippen molar-refractivity contribution in [3.8, 4) is 27.9 Å². The fraction of sp³-hybridized carbons (Fsp3) is 0. The second-order valence-corrected chi connectivity index (χ2v) is 11.3. The highest BCUT2D eigenvalue weighted by Crippen LogP contribution is 2.38. The highest BCUT2D eigenvalue weighted by molar-refractivity contribution is 6.25. The largest absolute Gasteiger partial charge is 0.309 e. The third-order valence-corrected chi connectivity index (χ3v) is 8.98. The Kier molecular flexibility index (Phi) is 5.27. The van der Waals surface area contributed by atoms with E-state index in [1.54, 1.807) is 0 Å². The van der Waals surface area contributed by atoms with Gasteiger partial charge in [-0.15, -0.1) is 0 Å². The zero-order valence-corrected chi connectivity index (χ0v) is 23.5. The van der Waals surface area contributed by atoms with Crippen LogP contribution in [0.2, 0.25) is 0 Å². The number of nitrogens with zero attached hydrogens (tertiary/aromatic N) is 1. The van der Waals surface area contributed by atoms with E-state index in [0.29, 0.717) is 0 Å². The number of para-hydroxylation sites is 2. The standard InChI is InChI=1S/C42H27N/c1-2-10-32(11-3-1)43-41-17-9-8-16-38(41)39-25-23-31(27-42(39)43)29-20-18-28(19-21-29)30-22-24-37-35-14-5-4-12-33(35)34-13-6-7-15-36(34)40(37)26-30/h1-27H. The summed E-state index contributed by atoms with van der Waals surface area (Å²) < 4.78 is 2.38. The lowest BCUT2D eigenvalue weighted by atomic mass is 9.92. The molecule has 43 heavy (non-hydrogen) atoms. The summed E-state index contributed by atoms with van der Waals surface area (Å²) in [5, 5.41) is 10.4. The van der Waals surface area contributed by atoms with Gasteiger partial charge < -0.3 is 4.57 Å². The lowest BCUT2D eigenvalue weighted by molar-refractivity contribution is 1.18. The quantitative estimate of drug-likeness (QED) is 0.195. The molecule has 0 atom stereocenters. The molecule has 1 nitrogen and oxygen atoms in total. The molecule has 0 aliphatic rings. The summed E-state index contributed by atoms with van der Waals surface area (Å²) in [5.74, 6) is 0. The van der Waals surface area contributed by atoms with Crippen LogP contribution in [-0.2, 0) is 0 Å². The summed E-state index contributed by atoms with van der Waals surface area (Å²) >= 11 is 0. The van der Waals surface area contributed by atoms with Crippen molar-refractivity contribution in [1.29, 1.82) is 0 Å². The number of rotatable bonds is 3. The van der Waals surface area contributed by atoms with Crippen LogP contribution in [0, 0.1) is 0 Å². The highest BCUT2D eigenvalue weighted by atomic mass is 15.0. The lowest BCUT2D eigenvalue weighted by Crippen LogP contribution is -1.93. The van der Waals surface area contributed by atoms with Crippen LogP contribution in [0.25, 0.3) is 82.1 Å². The van der Waals surface area contributed by atoms with Crippen molar-refractivity contribution >= 4 is 54.1 Å². The van der Waals surface area contributed by atoms with Gasteiger partial charge in [0.25, 0.3) is 0 Å². The van der Waals surface area contributed by atoms with Gasteiger partial charge in [-0.2, -0.15) is 0 Å². The van der Waals surface area contributed by atoms with E-state index in [2.05, 4.69) is 168 Å². The minimum atomic E-state index is 1.18. The van der Waals surface area contributed by atoms with Crippen molar-refractivity contribution in [1.82, 2.24) is 4.57 Å². The Hall–Kier alpha value is -5.66. The van der Waals surface area contributed by atoms with Crippen molar-refractivity contribution in [3.63, 3.8) is 0 Å². The maximum Gasteiger partial charge on any atom is 0.0547 e. The van der Waals surface area contributed by atoms with E-state index in [-0.39, 0.29) is 0 Å². The summed E-state index contributed by atoms with van der Waals surface area (Å²) in [7, 11) is 0. The monoisotopic (exact) mass is 545 g/mol. The van der Waals surface area contributed by atoms with Crippen LogP contribution < -0.4 is 0 Å². The molecule has 0 fully saturated rings. The molecule has 0 amide bonds. The molecule has 8 aromatic carbocycles. The number of hydrogen-bond acceptors (Lipinski definition) is 0. The van der Waals surface area contributed by atoms with Gasteiger partial charge in [-0.25, -0.2) is 0 Å². The van der Waals surface area contributed by atoms with E-state index in [1.807, 2.05) is 0 Å². The first-order valence-corrected chi connectivity index (χ1v) is 14.9. The molecule has 0 bridgehead atoms. The molecule has 0 N–H and O–H groups in total. The van der Waals surface area contributed by atoms with Crippen LogP contribution in [0.1, 0.15) is 0 Å². The average Bonchev–Trinajstić information content (AvgIpc) is 3.42. The van der Waals surface area contributed by atoms with Crippen molar-refractivity contribution in [2.24, 2.45) is 0 Å². The first kappa shape index (κ1) is 24.0. The molecule has 0 saturated carbocycles. The van der Waals surface area contributed by atoms with Gasteiger partial charge >= 0.3 is 0 Å². The molecule has 0 aliphatic carbocycles. The summed E-state index contributed by atoms with van der Waals surface area (Å²) in [4.78, 5) is 0. The minimum absolute atomic E-state index is 1.18. The summed E-state index contributed by atoms with van der Waals surface area (Å²) in [5.41, 5.74) is 8.53. The van der Waals surface area contributed by atoms with Crippen molar-refractivity contribution in [3.05, 3.63) is 164 Å². The minimum Gasteiger partial charge on any atom is -0.309 e. The first-order chi connectivity index (χ1) is 21.3. The van der Waals surface area contributed by atoms with Gasteiger partial charge in [0.1, 0.15) is 0 Å². The maximum atomic E-state index is 2.38. The molecular formula is C42H27N. The zero-order chi connectivity index (χ0) is 28.3. The van der Waals surface area contributed by atoms with Crippen LogP contribution in [0.5, 0.6) is 0 Å². The van der Waals surface area contributed by atoms with Gasteiger partial charge in [0.05, 0.1) is 11.0 Å². The molecule has 1 heterocycles. The second-order valence-electron chi connectivity index (χ2n) is 11.3. The Bertz CT molecular complexity index is 2450. The van der Waals surface area contributed by atoms with E-state index in [9.17, 15) is 0 Å². The molecule has 9 rings (SSSR count). The Morgan fingerprint density at radius 3 is 1.30 bits per heavy atom. The molecule has 9 aromatic rings. The van der Waals surface area contributed by atoms with E-state index < -0.39 is 0 Å². The topological polar surface area (TPSA) is 4.93 Å². The Labute approximate surface area is 249 Å². The number of hydrogen-bond donors (Lipinski definition) is 0. The Balaban J connectivity index is 1.16. The zero-order valence-electron chi connectivity index (χ0n) is 23.5. The molecule has 0 unspecified atom stereocenters. The van der Waals surface area contributed by atoms with E-state index in [1.165, 1.54) is 82.1 Å². The van der Waals surface area contributed by atoms with E-state index in [4.69, 9.17) is 0 Å². The van der Waals surface area contributed by atoms with E-state index >= 15 is 0 Å². The number of fused-ring (bicyclic) bond motifs is 9. The Morgan fingerprint density at radius 2 is 0.674 bits per heavy atom. The third kappa shape index (κ3) is 3.72. The van der Waals surface area contributed by atoms with Crippen molar-refractivity contribution < 1.29 is 0 Å². The molecule has 0 aliphatic heterocycles. The van der Waals surface area contributed by atoms with Gasteiger partial charge in [0.2, 0.25) is 0 Å². The highest BCUT2D eigenvalue weighted by Gasteiger charge is 2.14.